The number of benzene rings is 1. The molecule has 1 aliphatic rings. The topological polar surface area (TPSA) is 43.8 Å². The van der Waals surface area contributed by atoms with Crippen LogP contribution in [0.1, 0.15) is 44.9 Å². The van der Waals surface area contributed by atoms with Gasteiger partial charge in [0.15, 0.2) is 5.82 Å². The van der Waals surface area contributed by atoms with Crippen LogP contribution in [0.5, 0.6) is 0 Å². The maximum absolute atomic E-state index is 14.0. The molecule has 0 bridgehead atoms. The highest BCUT2D eigenvalue weighted by molar-refractivity contribution is 5.77. The molecule has 1 saturated carbocycles. The van der Waals surface area contributed by atoms with E-state index in [9.17, 15) is 4.39 Å². The summed E-state index contributed by atoms with van der Waals surface area (Å²) < 4.78 is 16.2. The van der Waals surface area contributed by atoms with Gasteiger partial charge in [-0.25, -0.2) is 9.37 Å². The Balaban J connectivity index is 2.23. The zero-order valence-electron chi connectivity index (χ0n) is 12.0. The third-order valence-corrected chi connectivity index (χ3v) is 4.60. The second-order valence-electron chi connectivity index (χ2n) is 5.89. The molecule has 1 fully saturated rings. The van der Waals surface area contributed by atoms with Crippen LogP contribution >= 0.6 is 0 Å². The van der Waals surface area contributed by atoms with Gasteiger partial charge in [0.2, 0.25) is 0 Å². The Kier molecular flexibility index (Phi) is 3.50. The summed E-state index contributed by atoms with van der Waals surface area (Å²) in [5.74, 6) is 0.767. The highest BCUT2D eigenvalue weighted by atomic mass is 19.1. The number of nitrogens with two attached hydrogens (primary N) is 1. The maximum Gasteiger partial charge on any atom is 0.151 e. The van der Waals surface area contributed by atoms with E-state index in [1.54, 1.807) is 6.07 Å². The lowest BCUT2D eigenvalue weighted by Crippen LogP contribution is -2.35. The summed E-state index contributed by atoms with van der Waals surface area (Å²) >= 11 is 0. The Morgan fingerprint density at radius 1 is 1.35 bits per heavy atom. The molecule has 2 N–H and O–H groups in total. The van der Waals surface area contributed by atoms with Crippen molar-refractivity contribution < 1.29 is 4.39 Å². The summed E-state index contributed by atoms with van der Waals surface area (Å²) in [6.07, 6.45) is 5.52. The first-order valence-electron chi connectivity index (χ1n) is 7.57. The van der Waals surface area contributed by atoms with Gasteiger partial charge < -0.3 is 10.3 Å². The Hall–Kier alpha value is -1.42. The number of aromatic nitrogens is 2. The fraction of sp³-hybridized carbons (Fsp3) is 0.562. The van der Waals surface area contributed by atoms with Gasteiger partial charge in [0.05, 0.1) is 5.52 Å². The molecule has 0 saturated heterocycles. The predicted molar refractivity (Wildman–Crippen MR) is 79.2 cm³/mol. The van der Waals surface area contributed by atoms with Crippen LogP contribution in [-0.4, -0.2) is 16.1 Å². The van der Waals surface area contributed by atoms with Crippen LogP contribution in [0.25, 0.3) is 11.0 Å². The summed E-state index contributed by atoms with van der Waals surface area (Å²) in [6, 6.07) is 5.21. The summed E-state index contributed by atoms with van der Waals surface area (Å²) in [5, 5.41) is 0. The van der Waals surface area contributed by atoms with Gasteiger partial charge in [-0.15, -0.1) is 0 Å². The van der Waals surface area contributed by atoms with Gasteiger partial charge >= 0.3 is 0 Å². The van der Waals surface area contributed by atoms with Gasteiger partial charge in [-0.3, -0.25) is 0 Å². The van der Waals surface area contributed by atoms with E-state index in [1.165, 1.54) is 18.9 Å². The Labute approximate surface area is 119 Å². The molecule has 0 radical (unpaired) electrons. The van der Waals surface area contributed by atoms with Crippen LogP contribution in [0.2, 0.25) is 0 Å². The molecule has 0 spiro atoms. The maximum atomic E-state index is 14.0. The van der Waals surface area contributed by atoms with Crippen molar-refractivity contribution in [3.63, 3.8) is 0 Å². The summed E-state index contributed by atoms with van der Waals surface area (Å²) in [7, 11) is 0. The van der Waals surface area contributed by atoms with Crippen molar-refractivity contribution in [2.75, 3.05) is 6.54 Å². The van der Waals surface area contributed by atoms with Crippen LogP contribution < -0.4 is 5.73 Å². The quantitative estimate of drug-likeness (QED) is 0.930. The summed E-state index contributed by atoms with van der Waals surface area (Å²) in [6.45, 7) is 3.61. The van der Waals surface area contributed by atoms with Crippen LogP contribution in [0.15, 0.2) is 18.2 Å². The third-order valence-electron chi connectivity index (χ3n) is 4.60. The SMILES string of the molecule is CCCn1c(C2(CN)CCCC2)nc2c(F)cccc21. The molecule has 1 heterocycles. The third kappa shape index (κ3) is 1.94. The van der Waals surface area contributed by atoms with Crippen LogP contribution in [-0.2, 0) is 12.0 Å². The minimum atomic E-state index is -0.233. The molecule has 3 nitrogen and oxygen atoms in total. The van der Waals surface area contributed by atoms with Crippen molar-refractivity contribution >= 4 is 11.0 Å². The number of halogens is 1. The van der Waals surface area contributed by atoms with Gasteiger partial charge in [0.1, 0.15) is 11.3 Å². The number of nitrogens with zero attached hydrogens (tertiary/aromatic N) is 2. The van der Waals surface area contributed by atoms with Crippen molar-refractivity contribution in [2.24, 2.45) is 5.73 Å². The Bertz CT molecular complexity index is 611. The van der Waals surface area contributed by atoms with Crippen molar-refractivity contribution in [3.8, 4) is 0 Å². The van der Waals surface area contributed by atoms with E-state index in [0.29, 0.717) is 12.1 Å². The van der Waals surface area contributed by atoms with Crippen molar-refractivity contribution in [3.05, 3.63) is 29.8 Å². The minimum absolute atomic E-state index is 0.0549. The number of fused-ring (bicyclic) bond motifs is 1. The van der Waals surface area contributed by atoms with Gasteiger partial charge in [0.25, 0.3) is 0 Å². The highest BCUT2D eigenvalue weighted by Crippen LogP contribution is 2.41. The zero-order valence-corrected chi connectivity index (χ0v) is 12.0. The van der Waals surface area contributed by atoms with Crippen molar-refractivity contribution in [1.29, 1.82) is 0 Å². The predicted octanol–water partition coefficient (Wildman–Crippen LogP) is 3.36. The monoisotopic (exact) mass is 275 g/mol. The number of imidazole rings is 1. The number of aryl methyl sites for hydroxylation is 1. The lowest BCUT2D eigenvalue weighted by molar-refractivity contribution is 0.404. The molecule has 2 aromatic rings. The lowest BCUT2D eigenvalue weighted by atomic mass is 9.85. The first kappa shape index (κ1) is 13.6. The van der Waals surface area contributed by atoms with Gasteiger partial charge in [-0.2, -0.15) is 0 Å². The minimum Gasteiger partial charge on any atom is -0.329 e. The molecule has 1 aliphatic carbocycles. The van der Waals surface area contributed by atoms with Crippen LogP contribution in [0.4, 0.5) is 4.39 Å². The lowest BCUT2D eigenvalue weighted by Gasteiger charge is -2.27. The largest absolute Gasteiger partial charge is 0.329 e. The summed E-state index contributed by atoms with van der Waals surface area (Å²) in [5.41, 5.74) is 7.42. The molecule has 0 amide bonds. The molecule has 1 aromatic carbocycles. The van der Waals surface area contributed by atoms with Gasteiger partial charge in [0, 0.05) is 18.5 Å². The first-order chi connectivity index (χ1) is 9.72. The molecule has 0 aliphatic heterocycles. The normalized spacial score (nSPS) is 17.9. The molecule has 0 atom stereocenters. The number of para-hydroxylation sites is 1. The van der Waals surface area contributed by atoms with E-state index in [4.69, 9.17) is 5.73 Å². The fourth-order valence-corrected chi connectivity index (χ4v) is 3.54. The second-order valence-corrected chi connectivity index (χ2v) is 5.89. The molecule has 4 heteroatoms. The average molecular weight is 275 g/mol. The van der Waals surface area contributed by atoms with E-state index >= 15 is 0 Å². The second kappa shape index (κ2) is 5.17. The standard InChI is InChI=1S/C16H22FN3/c1-2-10-20-13-7-5-6-12(17)14(13)19-15(20)16(11-18)8-3-4-9-16/h5-7H,2-4,8-11,18H2,1H3. The Morgan fingerprint density at radius 2 is 2.10 bits per heavy atom. The van der Waals surface area contributed by atoms with Crippen molar-refractivity contribution in [1.82, 2.24) is 9.55 Å². The number of rotatable bonds is 4. The van der Waals surface area contributed by atoms with Crippen LogP contribution in [0, 0.1) is 5.82 Å². The molecular weight excluding hydrogens is 253 g/mol. The van der Waals surface area contributed by atoms with Gasteiger partial charge in [-0.05, 0) is 31.4 Å². The highest BCUT2D eigenvalue weighted by Gasteiger charge is 2.39. The van der Waals surface area contributed by atoms with Gasteiger partial charge in [-0.1, -0.05) is 25.8 Å². The molecule has 3 rings (SSSR count). The van der Waals surface area contributed by atoms with Crippen LogP contribution in [0.3, 0.4) is 0 Å². The molecule has 1 aromatic heterocycles. The molecule has 20 heavy (non-hydrogen) atoms. The van der Waals surface area contributed by atoms with E-state index in [0.717, 1.165) is 37.1 Å². The van der Waals surface area contributed by atoms with E-state index in [2.05, 4.69) is 16.5 Å². The van der Waals surface area contributed by atoms with E-state index in [-0.39, 0.29) is 11.2 Å². The average Bonchev–Trinajstić information content (AvgIpc) is 3.06. The number of hydrogen-bond acceptors (Lipinski definition) is 2. The Morgan fingerprint density at radius 3 is 2.75 bits per heavy atom. The molecule has 0 unspecified atom stereocenters. The first-order valence-corrected chi connectivity index (χ1v) is 7.57. The smallest absolute Gasteiger partial charge is 0.151 e. The fourth-order valence-electron chi connectivity index (χ4n) is 3.54. The molecular formula is C16H22FN3. The summed E-state index contributed by atoms with van der Waals surface area (Å²) in [4.78, 5) is 4.66. The zero-order chi connectivity index (χ0) is 14.2. The number of hydrogen-bond donors (Lipinski definition) is 1. The van der Waals surface area contributed by atoms with E-state index < -0.39 is 0 Å². The van der Waals surface area contributed by atoms with Crippen molar-refractivity contribution in [2.45, 2.75) is 51.0 Å². The van der Waals surface area contributed by atoms with E-state index in [1.807, 2.05) is 6.07 Å². The molecule has 108 valence electrons.